The van der Waals surface area contributed by atoms with Gasteiger partial charge >= 0.3 is 5.91 Å². The highest BCUT2D eigenvalue weighted by atomic mass is 32.1. The third-order valence-electron chi connectivity index (χ3n) is 6.11. The van der Waals surface area contributed by atoms with E-state index >= 15 is 0 Å². The van der Waals surface area contributed by atoms with Gasteiger partial charge in [-0.2, -0.15) is 0 Å². The molecule has 0 radical (unpaired) electrons. The topological polar surface area (TPSA) is 89.0 Å². The second-order valence-electron chi connectivity index (χ2n) is 8.38. The second-order valence-corrected chi connectivity index (χ2v) is 10.4. The van der Waals surface area contributed by atoms with Gasteiger partial charge in [0.1, 0.15) is 23.3 Å². The van der Waals surface area contributed by atoms with E-state index in [1.807, 2.05) is 50.4 Å². The second kappa shape index (κ2) is 9.40. The number of benzene rings is 2. The molecular formula is C27H24N2O5S2. The summed E-state index contributed by atoms with van der Waals surface area (Å²) in [6, 6.07) is 11.9. The number of methoxy groups -OCH3 is 1. The van der Waals surface area contributed by atoms with Crippen LogP contribution in [0, 0.1) is 13.8 Å². The number of amides is 1. The third kappa shape index (κ3) is 3.94. The summed E-state index contributed by atoms with van der Waals surface area (Å²) in [5, 5.41) is 13.6. The molecule has 5 rings (SSSR count). The van der Waals surface area contributed by atoms with Gasteiger partial charge in [-0.3, -0.25) is 14.5 Å². The van der Waals surface area contributed by atoms with Crippen LogP contribution in [0.1, 0.15) is 34.5 Å². The van der Waals surface area contributed by atoms with Gasteiger partial charge < -0.3 is 14.6 Å². The van der Waals surface area contributed by atoms with Crippen LogP contribution >= 0.6 is 22.7 Å². The Balaban J connectivity index is 1.67. The van der Waals surface area contributed by atoms with Crippen molar-refractivity contribution < 1.29 is 24.2 Å². The van der Waals surface area contributed by atoms with Crippen molar-refractivity contribution >= 4 is 55.5 Å². The molecule has 1 atom stereocenters. The number of hydrogen-bond donors (Lipinski definition) is 1. The first-order valence-corrected chi connectivity index (χ1v) is 13.1. The summed E-state index contributed by atoms with van der Waals surface area (Å²) in [6.45, 7) is 6.21. The van der Waals surface area contributed by atoms with Crippen LogP contribution in [-0.2, 0) is 9.59 Å². The lowest BCUT2D eigenvalue weighted by atomic mass is 9.99. The number of nitrogens with zero attached hydrogens (tertiary/aromatic N) is 2. The number of carbonyl (C=O) groups is 2. The van der Waals surface area contributed by atoms with E-state index in [2.05, 4.69) is 4.98 Å². The monoisotopic (exact) mass is 520 g/mol. The Morgan fingerprint density at radius 1 is 1.11 bits per heavy atom. The first-order chi connectivity index (χ1) is 17.3. The number of ketones is 1. The van der Waals surface area contributed by atoms with E-state index in [0.717, 1.165) is 26.5 Å². The number of aromatic nitrogens is 1. The largest absolute Gasteiger partial charge is 0.507 e. The average Bonchev–Trinajstić information content (AvgIpc) is 3.58. The van der Waals surface area contributed by atoms with Gasteiger partial charge in [0.15, 0.2) is 5.13 Å². The molecule has 36 heavy (non-hydrogen) atoms. The van der Waals surface area contributed by atoms with E-state index in [1.165, 1.54) is 27.6 Å². The van der Waals surface area contributed by atoms with E-state index in [9.17, 15) is 14.7 Å². The van der Waals surface area contributed by atoms with E-state index in [1.54, 1.807) is 25.3 Å². The summed E-state index contributed by atoms with van der Waals surface area (Å²) < 4.78 is 11.9. The molecule has 2 aromatic heterocycles. The summed E-state index contributed by atoms with van der Waals surface area (Å²) >= 11 is 2.72. The lowest BCUT2D eigenvalue weighted by Crippen LogP contribution is -2.28. The molecule has 1 amide bonds. The molecule has 1 fully saturated rings. The van der Waals surface area contributed by atoms with Gasteiger partial charge in [-0.15, -0.1) is 11.3 Å². The number of anilines is 1. The van der Waals surface area contributed by atoms with Crippen LogP contribution in [0.4, 0.5) is 5.13 Å². The van der Waals surface area contributed by atoms with E-state index in [4.69, 9.17) is 9.47 Å². The van der Waals surface area contributed by atoms with Crippen LogP contribution < -0.4 is 14.4 Å². The maximum Gasteiger partial charge on any atom is 0.301 e. The maximum atomic E-state index is 13.4. The van der Waals surface area contributed by atoms with Gasteiger partial charge in [0.25, 0.3) is 5.78 Å². The van der Waals surface area contributed by atoms with Crippen LogP contribution in [0.2, 0.25) is 0 Å². The van der Waals surface area contributed by atoms with Crippen LogP contribution in [0.25, 0.3) is 16.0 Å². The molecule has 0 spiro atoms. The first-order valence-electron chi connectivity index (χ1n) is 11.4. The molecular weight excluding hydrogens is 496 g/mol. The number of thiophene rings is 1. The summed E-state index contributed by atoms with van der Waals surface area (Å²) in [6.07, 6.45) is 0. The molecule has 3 heterocycles. The van der Waals surface area contributed by atoms with Gasteiger partial charge in [-0.1, -0.05) is 17.4 Å². The number of carbonyl (C=O) groups excluding carboxylic acids is 2. The Kier molecular flexibility index (Phi) is 6.27. The number of Topliss-reactive ketones (excluding diaryl/α,β-unsaturated/α-hetero) is 1. The van der Waals surface area contributed by atoms with Crippen molar-refractivity contribution in [3.05, 3.63) is 75.0 Å². The van der Waals surface area contributed by atoms with Crippen LogP contribution in [0.3, 0.4) is 0 Å². The molecule has 1 N–H and O–H groups in total. The lowest BCUT2D eigenvalue weighted by molar-refractivity contribution is -0.132. The Morgan fingerprint density at radius 2 is 1.89 bits per heavy atom. The zero-order valence-corrected chi connectivity index (χ0v) is 21.8. The van der Waals surface area contributed by atoms with Crippen molar-refractivity contribution in [1.29, 1.82) is 0 Å². The lowest BCUT2D eigenvalue weighted by Gasteiger charge is -2.21. The Hall–Kier alpha value is -3.69. The van der Waals surface area contributed by atoms with Gasteiger partial charge in [0, 0.05) is 10.4 Å². The fraction of sp³-hybridized carbons (Fsp3) is 0.222. The molecule has 1 saturated heterocycles. The highest BCUT2D eigenvalue weighted by molar-refractivity contribution is 7.22. The van der Waals surface area contributed by atoms with E-state index in [-0.39, 0.29) is 11.3 Å². The number of fused-ring (bicyclic) bond motifs is 1. The SMILES string of the molecule is CCOc1ccc(/C(O)=C2\C(=O)C(=O)N(c3nc4cc(C)c(OC)cc4s3)C2c2cccs2)cc1C. The summed E-state index contributed by atoms with van der Waals surface area (Å²) in [5.74, 6) is -0.269. The summed E-state index contributed by atoms with van der Waals surface area (Å²) in [4.78, 5) is 33.6. The van der Waals surface area contributed by atoms with Gasteiger partial charge in [0.05, 0.1) is 29.5 Å². The zero-order valence-electron chi connectivity index (χ0n) is 20.2. The van der Waals surface area contributed by atoms with E-state index in [0.29, 0.717) is 28.6 Å². The minimum absolute atomic E-state index is 0.0408. The Labute approximate surface area is 216 Å². The Morgan fingerprint density at radius 3 is 2.56 bits per heavy atom. The molecule has 4 aromatic rings. The first kappa shape index (κ1) is 24.0. The molecule has 1 aliphatic heterocycles. The molecule has 0 aliphatic carbocycles. The highest BCUT2D eigenvalue weighted by Crippen LogP contribution is 2.46. The standard InChI is InChI=1S/C27H24N2O5S2/c1-5-34-18-9-8-16(11-14(18)2)24(30)22-23(20-7-6-10-35-20)29(26(32)25(22)31)27-28-17-12-15(3)19(33-4)13-21(17)36-27/h6-13,23,30H,5H2,1-4H3/b24-22+. The molecule has 0 saturated carbocycles. The van der Waals surface area contributed by atoms with E-state index < -0.39 is 17.7 Å². The smallest absolute Gasteiger partial charge is 0.301 e. The molecule has 7 nitrogen and oxygen atoms in total. The van der Waals surface area contributed by atoms with Crippen molar-refractivity contribution in [3.8, 4) is 11.5 Å². The minimum Gasteiger partial charge on any atom is -0.507 e. The number of hydrogen-bond acceptors (Lipinski definition) is 8. The highest BCUT2D eigenvalue weighted by Gasteiger charge is 2.48. The summed E-state index contributed by atoms with van der Waals surface area (Å²) in [5.41, 5.74) is 2.93. The van der Waals surface area contributed by atoms with Crippen molar-refractivity contribution in [3.63, 3.8) is 0 Å². The predicted octanol–water partition coefficient (Wildman–Crippen LogP) is 6.01. The maximum absolute atomic E-state index is 13.4. The van der Waals surface area contributed by atoms with Gasteiger partial charge in [-0.25, -0.2) is 4.98 Å². The molecule has 2 aromatic carbocycles. The molecule has 9 heteroatoms. The molecule has 0 bridgehead atoms. The van der Waals surface area contributed by atoms with Crippen molar-refractivity contribution in [2.24, 2.45) is 0 Å². The number of aryl methyl sites for hydroxylation is 2. The zero-order chi connectivity index (χ0) is 25.6. The third-order valence-corrected chi connectivity index (χ3v) is 8.05. The number of aliphatic hydroxyl groups is 1. The normalized spacial score (nSPS) is 17.2. The number of rotatable bonds is 6. The number of ether oxygens (including phenoxy) is 2. The quantitative estimate of drug-likeness (QED) is 0.190. The molecule has 1 unspecified atom stereocenters. The number of aliphatic hydroxyl groups excluding tert-OH is 1. The summed E-state index contributed by atoms with van der Waals surface area (Å²) in [7, 11) is 1.61. The van der Waals surface area contributed by atoms with Crippen molar-refractivity contribution in [2.45, 2.75) is 26.8 Å². The van der Waals surface area contributed by atoms with Gasteiger partial charge in [-0.05, 0) is 73.7 Å². The fourth-order valence-electron chi connectivity index (χ4n) is 4.39. The molecule has 1 aliphatic rings. The molecule has 184 valence electrons. The Bertz CT molecular complexity index is 1520. The van der Waals surface area contributed by atoms with Crippen LogP contribution in [-0.4, -0.2) is 35.5 Å². The van der Waals surface area contributed by atoms with Crippen molar-refractivity contribution in [2.75, 3.05) is 18.6 Å². The van der Waals surface area contributed by atoms with Crippen molar-refractivity contribution in [1.82, 2.24) is 4.98 Å². The average molecular weight is 521 g/mol. The fourth-order valence-corrected chi connectivity index (χ4v) is 6.21. The number of thiazole rings is 1. The minimum atomic E-state index is -0.791. The van der Waals surface area contributed by atoms with Crippen LogP contribution in [0.5, 0.6) is 11.5 Å². The van der Waals surface area contributed by atoms with Crippen LogP contribution in [0.15, 0.2) is 53.4 Å². The van der Waals surface area contributed by atoms with Gasteiger partial charge in [0.2, 0.25) is 0 Å². The predicted molar refractivity (Wildman–Crippen MR) is 142 cm³/mol.